The average Bonchev–Trinajstić information content (AvgIpc) is 3.39. The highest BCUT2D eigenvalue weighted by atomic mass is 16.6. The van der Waals surface area contributed by atoms with Crippen LogP contribution in [-0.4, -0.2) is 37.2 Å². The smallest absolute Gasteiger partial charge is 0.306 e. The van der Waals surface area contributed by atoms with E-state index < -0.39 is 6.10 Å². The fourth-order valence-electron chi connectivity index (χ4n) is 7.22. The van der Waals surface area contributed by atoms with Crippen molar-refractivity contribution < 1.29 is 28.6 Å². The average molecular weight is 1010 g/mol. The van der Waals surface area contributed by atoms with Crippen molar-refractivity contribution in [2.24, 2.45) is 0 Å². The van der Waals surface area contributed by atoms with Gasteiger partial charge in [0.25, 0.3) is 0 Å². The fraction of sp³-hybridized carbons (Fsp3) is 0.567. The summed E-state index contributed by atoms with van der Waals surface area (Å²) < 4.78 is 16.8. The number of ether oxygens (including phenoxy) is 3. The molecule has 0 bridgehead atoms. The van der Waals surface area contributed by atoms with Gasteiger partial charge in [-0.3, -0.25) is 14.4 Å². The SMILES string of the molecule is CC/C=C\C/C=C\C/C=C\C/C=C\C/C=C\CCCCCC(=O)OC[C@@H](COC(=O)CCC/C=C\C/C=C\C/C=C\C/C=C\C/C=C\CC)OC(=O)CCCCCCCC/C=C\C/C=C\C/C=C\CCCCC. The first kappa shape index (κ1) is 68.0. The summed E-state index contributed by atoms with van der Waals surface area (Å²) in [6, 6.07) is 0. The predicted molar refractivity (Wildman–Crippen MR) is 315 cm³/mol. The van der Waals surface area contributed by atoms with Crippen molar-refractivity contribution in [3.05, 3.63) is 158 Å². The molecule has 0 aliphatic rings. The molecule has 408 valence electrons. The Morgan fingerprint density at radius 3 is 0.904 bits per heavy atom. The van der Waals surface area contributed by atoms with Crippen LogP contribution in [0.1, 0.15) is 226 Å². The molecule has 0 N–H and O–H groups in total. The summed E-state index contributed by atoms with van der Waals surface area (Å²) in [6.45, 7) is 6.28. The second kappa shape index (κ2) is 59.6. The number of hydrogen-bond acceptors (Lipinski definition) is 6. The van der Waals surface area contributed by atoms with Gasteiger partial charge in [-0.2, -0.15) is 0 Å². The van der Waals surface area contributed by atoms with Gasteiger partial charge in [0, 0.05) is 19.3 Å². The number of carbonyl (C=O) groups excluding carboxylic acids is 3. The zero-order valence-electron chi connectivity index (χ0n) is 46.6. The number of allylic oxidation sites excluding steroid dienone is 26. The van der Waals surface area contributed by atoms with Crippen LogP contribution >= 0.6 is 0 Å². The molecule has 0 aromatic heterocycles. The van der Waals surface area contributed by atoms with Crippen molar-refractivity contribution in [1.29, 1.82) is 0 Å². The van der Waals surface area contributed by atoms with Crippen molar-refractivity contribution in [2.45, 2.75) is 232 Å². The quantitative estimate of drug-likeness (QED) is 0.0261. The van der Waals surface area contributed by atoms with Crippen molar-refractivity contribution in [3.63, 3.8) is 0 Å². The van der Waals surface area contributed by atoms with E-state index in [-0.39, 0.29) is 44.0 Å². The first-order valence-electron chi connectivity index (χ1n) is 29.0. The van der Waals surface area contributed by atoms with Gasteiger partial charge in [0.2, 0.25) is 0 Å². The van der Waals surface area contributed by atoms with Crippen LogP contribution in [0.2, 0.25) is 0 Å². The molecule has 0 saturated carbocycles. The Hall–Kier alpha value is -4.97. The molecule has 0 aliphatic carbocycles. The van der Waals surface area contributed by atoms with Gasteiger partial charge in [0.15, 0.2) is 6.10 Å². The number of unbranched alkanes of at least 4 members (excludes halogenated alkanes) is 13. The summed E-state index contributed by atoms with van der Waals surface area (Å²) in [5, 5.41) is 0. The fourth-order valence-corrected chi connectivity index (χ4v) is 7.22. The summed E-state index contributed by atoms with van der Waals surface area (Å²) in [7, 11) is 0. The van der Waals surface area contributed by atoms with Crippen molar-refractivity contribution in [3.8, 4) is 0 Å². The van der Waals surface area contributed by atoms with E-state index in [4.69, 9.17) is 14.2 Å². The minimum Gasteiger partial charge on any atom is -0.462 e. The summed E-state index contributed by atoms with van der Waals surface area (Å²) in [5.41, 5.74) is 0. The zero-order chi connectivity index (χ0) is 52.9. The third-order valence-electron chi connectivity index (χ3n) is 11.5. The molecule has 0 spiro atoms. The van der Waals surface area contributed by atoms with Gasteiger partial charge in [0.1, 0.15) is 13.2 Å². The van der Waals surface area contributed by atoms with E-state index in [0.29, 0.717) is 12.8 Å². The van der Waals surface area contributed by atoms with Crippen LogP contribution in [0.25, 0.3) is 0 Å². The summed E-state index contributed by atoms with van der Waals surface area (Å²) in [4.78, 5) is 38.2. The van der Waals surface area contributed by atoms with Crippen LogP contribution in [0, 0.1) is 0 Å². The third kappa shape index (κ3) is 57.8. The molecule has 0 amide bonds. The normalized spacial score (nSPS) is 13.3. The van der Waals surface area contributed by atoms with Gasteiger partial charge in [0.05, 0.1) is 0 Å². The van der Waals surface area contributed by atoms with Crippen molar-refractivity contribution in [1.82, 2.24) is 0 Å². The molecule has 0 rings (SSSR count). The van der Waals surface area contributed by atoms with Crippen LogP contribution in [0.5, 0.6) is 0 Å². The van der Waals surface area contributed by atoms with Crippen LogP contribution in [0.3, 0.4) is 0 Å². The molecule has 0 saturated heterocycles. The molecule has 0 heterocycles. The highest BCUT2D eigenvalue weighted by Crippen LogP contribution is 2.12. The highest BCUT2D eigenvalue weighted by Gasteiger charge is 2.19. The molecule has 6 heteroatoms. The predicted octanol–water partition coefficient (Wildman–Crippen LogP) is 19.8. The second-order valence-corrected chi connectivity index (χ2v) is 18.4. The van der Waals surface area contributed by atoms with E-state index in [9.17, 15) is 14.4 Å². The molecule has 1 atom stereocenters. The Morgan fingerprint density at radius 2 is 0.548 bits per heavy atom. The van der Waals surface area contributed by atoms with E-state index in [1.54, 1.807) is 0 Å². The highest BCUT2D eigenvalue weighted by molar-refractivity contribution is 5.71. The van der Waals surface area contributed by atoms with Gasteiger partial charge in [-0.05, 0) is 141 Å². The van der Waals surface area contributed by atoms with Gasteiger partial charge >= 0.3 is 17.9 Å². The third-order valence-corrected chi connectivity index (χ3v) is 11.5. The summed E-state index contributed by atoms with van der Waals surface area (Å²) in [5.74, 6) is -1.04. The molecular weight excluding hydrogens is 901 g/mol. The van der Waals surface area contributed by atoms with Crippen LogP contribution in [0.4, 0.5) is 0 Å². The molecule has 0 fully saturated rings. The van der Waals surface area contributed by atoms with E-state index in [0.717, 1.165) is 141 Å². The maximum absolute atomic E-state index is 12.9. The summed E-state index contributed by atoms with van der Waals surface area (Å²) >= 11 is 0. The van der Waals surface area contributed by atoms with Gasteiger partial charge in [-0.25, -0.2) is 0 Å². The molecule has 0 aliphatic heterocycles. The van der Waals surface area contributed by atoms with Crippen LogP contribution in [-0.2, 0) is 28.6 Å². The second-order valence-electron chi connectivity index (χ2n) is 18.4. The van der Waals surface area contributed by atoms with Crippen LogP contribution < -0.4 is 0 Å². The minimum absolute atomic E-state index is 0.126. The molecule has 6 nitrogen and oxygen atoms in total. The molecule has 0 aromatic carbocycles. The van der Waals surface area contributed by atoms with Gasteiger partial charge in [-0.1, -0.05) is 224 Å². The largest absolute Gasteiger partial charge is 0.462 e. The maximum Gasteiger partial charge on any atom is 0.306 e. The lowest BCUT2D eigenvalue weighted by Gasteiger charge is -2.18. The van der Waals surface area contributed by atoms with E-state index in [1.165, 1.54) is 38.5 Å². The Kier molecular flexibility index (Phi) is 55.5. The number of carbonyl (C=O) groups is 3. The standard InChI is InChI=1S/C67H104O6/c1-4-7-10-13-16-19-22-25-28-31-33-36-39-42-45-48-51-54-57-60-66(69)72-63-64(62-71-65(68)59-56-53-50-47-44-41-38-35-30-27-24-21-18-15-12-9-6-3)73-67(70)61-58-55-52-49-46-43-40-37-34-32-29-26-23-20-17-14-11-8-5-2/h7,9-10,12,16-21,25-30,33-34,36-38,41-42,45,47,50,64H,4-6,8,11,13-15,22-24,31-32,35,39-40,43-44,46,48-49,51-63H2,1-3H3/b10-7-,12-9-,19-16-,20-17-,21-18-,28-25-,29-26-,30-27-,36-33-,37-34-,41-38-,45-42-,50-47-/t64-/m1/s1. The molecule has 0 unspecified atom stereocenters. The molecule has 73 heavy (non-hydrogen) atoms. The Labute approximate surface area is 448 Å². The van der Waals surface area contributed by atoms with E-state index >= 15 is 0 Å². The Balaban J connectivity index is 4.60. The lowest BCUT2D eigenvalue weighted by molar-refractivity contribution is -0.167. The number of rotatable bonds is 50. The molecule has 0 aromatic rings. The van der Waals surface area contributed by atoms with Gasteiger partial charge in [-0.15, -0.1) is 0 Å². The minimum atomic E-state index is -0.831. The topological polar surface area (TPSA) is 78.9 Å². The number of esters is 3. The molecule has 0 radical (unpaired) electrons. The van der Waals surface area contributed by atoms with E-state index in [2.05, 4.69) is 179 Å². The summed E-state index contributed by atoms with van der Waals surface area (Å²) in [6.07, 6.45) is 86.6. The van der Waals surface area contributed by atoms with E-state index in [1.807, 2.05) is 0 Å². The van der Waals surface area contributed by atoms with Gasteiger partial charge < -0.3 is 14.2 Å². The Morgan fingerprint density at radius 1 is 0.288 bits per heavy atom. The monoisotopic (exact) mass is 1000 g/mol. The van der Waals surface area contributed by atoms with Crippen molar-refractivity contribution >= 4 is 17.9 Å². The lowest BCUT2D eigenvalue weighted by atomic mass is 10.1. The first-order valence-corrected chi connectivity index (χ1v) is 29.0. The van der Waals surface area contributed by atoms with Crippen molar-refractivity contribution in [2.75, 3.05) is 13.2 Å². The zero-order valence-corrected chi connectivity index (χ0v) is 46.6. The first-order chi connectivity index (χ1) is 36.0. The molecular formula is C67H104O6. The lowest BCUT2D eigenvalue weighted by Crippen LogP contribution is -2.30. The number of hydrogen-bond donors (Lipinski definition) is 0. The maximum atomic E-state index is 12.9. The Bertz CT molecular complexity index is 1670. The van der Waals surface area contributed by atoms with Crippen LogP contribution in [0.15, 0.2) is 158 Å².